The third-order valence-corrected chi connectivity index (χ3v) is 5.00. The van der Waals surface area contributed by atoms with Gasteiger partial charge in [0, 0.05) is 25.4 Å². The van der Waals surface area contributed by atoms with E-state index >= 15 is 0 Å². The summed E-state index contributed by atoms with van der Waals surface area (Å²) in [6, 6.07) is 2.86. The quantitative estimate of drug-likeness (QED) is 0.497. The zero-order valence-electron chi connectivity index (χ0n) is 12.2. The van der Waals surface area contributed by atoms with Crippen LogP contribution in [0.4, 0.5) is 5.82 Å². The lowest BCUT2D eigenvalue weighted by atomic mass is 10.2. The first kappa shape index (κ1) is 16.2. The first-order valence-electron chi connectivity index (χ1n) is 7.16. The fourth-order valence-corrected chi connectivity index (χ4v) is 3.64. The first-order chi connectivity index (χ1) is 10.0. The lowest BCUT2D eigenvalue weighted by Crippen LogP contribution is -2.34. The Morgan fingerprint density at radius 2 is 2.14 bits per heavy atom. The van der Waals surface area contributed by atoms with Gasteiger partial charge < -0.3 is 10.3 Å². The van der Waals surface area contributed by atoms with Crippen LogP contribution in [-0.2, 0) is 10.0 Å². The molecule has 0 bridgehead atoms. The molecule has 4 N–H and O–H groups in total. The number of rotatable bonds is 7. The number of nitrogens with zero attached hydrogens (tertiary/aromatic N) is 2. The summed E-state index contributed by atoms with van der Waals surface area (Å²) in [5.74, 6) is 5.83. The highest BCUT2D eigenvalue weighted by Gasteiger charge is 2.18. The second kappa shape index (κ2) is 7.17. The minimum atomic E-state index is -3.53. The number of nitrogens with two attached hydrogens (primary N) is 1. The van der Waals surface area contributed by atoms with Crippen molar-refractivity contribution >= 4 is 15.8 Å². The molecule has 1 aliphatic heterocycles. The first-order valence-corrected chi connectivity index (χ1v) is 8.64. The number of likely N-dealkylation sites (tertiary alicyclic amines) is 1. The molecule has 0 aromatic carbocycles. The van der Waals surface area contributed by atoms with Crippen LogP contribution in [0.2, 0.25) is 0 Å². The Kier molecular flexibility index (Phi) is 5.51. The molecule has 118 valence electrons. The van der Waals surface area contributed by atoms with Crippen LogP contribution in [0.1, 0.15) is 19.8 Å². The summed E-state index contributed by atoms with van der Waals surface area (Å²) in [6.45, 7) is 5.64. The van der Waals surface area contributed by atoms with Gasteiger partial charge in [0.2, 0.25) is 10.0 Å². The minimum absolute atomic E-state index is 0.166. The van der Waals surface area contributed by atoms with Crippen LogP contribution in [0.25, 0.3) is 0 Å². The Bertz CT molecular complexity index is 557. The molecule has 7 nitrogen and oxygen atoms in total. The van der Waals surface area contributed by atoms with Crippen molar-refractivity contribution in [2.45, 2.75) is 24.7 Å². The summed E-state index contributed by atoms with van der Waals surface area (Å²) in [5, 5.41) is 0. The predicted molar refractivity (Wildman–Crippen MR) is 82.1 cm³/mol. The largest absolute Gasteiger partial charge is 0.308 e. The molecule has 1 aliphatic rings. The fourth-order valence-electron chi connectivity index (χ4n) is 2.46. The van der Waals surface area contributed by atoms with Gasteiger partial charge in [0.15, 0.2) is 0 Å². The van der Waals surface area contributed by atoms with Crippen LogP contribution >= 0.6 is 0 Å². The second-order valence-electron chi connectivity index (χ2n) is 5.49. The zero-order valence-corrected chi connectivity index (χ0v) is 13.1. The van der Waals surface area contributed by atoms with Gasteiger partial charge >= 0.3 is 0 Å². The number of aromatic nitrogens is 1. The lowest BCUT2D eigenvalue weighted by molar-refractivity contribution is 0.288. The number of hydrazine groups is 1. The molecule has 1 saturated heterocycles. The molecule has 1 unspecified atom stereocenters. The molecule has 21 heavy (non-hydrogen) atoms. The maximum Gasteiger partial charge on any atom is 0.240 e. The Labute approximate surface area is 125 Å². The van der Waals surface area contributed by atoms with E-state index in [1.54, 1.807) is 0 Å². The Hall–Kier alpha value is -1.22. The summed E-state index contributed by atoms with van der Waals surface area (Å²) >= 11 is 0. The summed E-state index contributed by atoms with van der Waals surface area (Å²) in [5.41, 5.74) is 2.34. The molecular weight excluding hydrogens is 290 g/mol. The maximum atomic E-state index is 12.2. The van der Waals surface area contributed by atoms with E-state index in [0.29, 0.717) is 12.4 Å². The molecule has 1 fully saturated rings. The second-order valence-corrected chi connectivity index (χ2v) is 7.25. The number of anilines is 1. The van der Waals surface area contributed by atoms with Gasteiger partial charge in [0.25, 0.3) is 0 Å². The van der Waals surface area contributed by atoms with Crippen LogP contribution in [0.5, 0.6) is 0 Å². The fraction of sp³-hybridized carbons (Fsp3) is 0.615. The molecule has 8 heteroatoms. The van der Waals surface area contributed by atoms with E-state index in [1.807, 2.05) is 0 Å². The van der Waals surface area contributed by atoms with E-state index in [1.165, 1.54) is 31.2 Å². The van der Waals surface area contributed by atoms with Gasteiger partial charge in [-0.1, -0.05) is 6.92 Å². The third kappa shape index (κ3) is 4.63. The minimum Gasteiger partial charge on any atom is -0.308 e. The van der Waals surface area contributed by atoms with E-state index in [4.69, 9.17) is 5.84 Å². The molecule has 0 amide bonds. The molecule has 0 saturated carbocycles. The van der Waals surface area contributed by atoms with Gasteiger partial charge in [0.1, 0.15) is 5.82 Å². The Balaban J connectivity index is 1.90. The molecule has 0 aliphatic carbocycles. The molecule has 1 atom stereocenters. The number of pyridine rings is 1. The SMILES string of the molecule is CC(CNS(=O)(=O)c1ccnc(NN)c1)CN1CCCC1. The Morgan fingerprint density at radius 1 is 1.43 bits per heavy atom. The maximum absolute atomic E-state index is 12.2. The van der Waals surface area contributed by atoms with E-state index in [2.05, 4.69) is 27.0 Å². The normalized spacial score (nSPS) is 17.8. The van der Waals surface area contributed by atoms with E-state index in [-0.39, 0.29) is 10.8 Å². The number of nitrogen functional groups attached to an aromatic ring is 1. The van der Waals surface area contributed by atoms with E-state index in [9.17, 15) is 8.42 Å². The molecule has 0 spiro atoms. The highest BCUT2D eigenvalue weighted by Crippen LogP contribution is 2.13. The zero-order chi connectivity index (χ0) is 15.3. The summed E-state index contributed by atoms with van der Waals surface area (Å²) in [4.78, 5) is 6.44. The summed E-state index contributed by atoms with van der Waals surface area (Å²) in [7, 11) is -3.53. The van der Waals surface area contributed by atoms with Crippen LogP contribution in [0.3, 0.4) is 0 Å². The van der Waals surface area contributed by atoms with Crippen LogP contribution in [0.15, 0.2) is 23.2 Å². The highest BCUT2D eigenvalue weighted by molar-refractivity contribution is 7.89. The highest BCUT2D eigenvalue weighted by atomic mass is 32.2. The van der Waals surface area contributed by atoms with Gasteiger partial charge in [-0.15, -0.1) is 0 Å². The van der Waals surface area contributed by atoms with Crippen molar-refractivity contribution in [3.63, 3.8) is 0 Å². The summed E-state index contributed by atoms with van der Waals surface area (Å²) < 4.78 is 27.1. The Morgan fingerprint density at radius 3 is 2.81 bits per heavy atom. The van der Waals surface area contributed by atoms with Gasteiger partial charge in [-0.2, -0.15) is 0 Å². The molecule has 1 aromatic rings. The average molecular weight is 313 g/mol. The van der Waals surface area contributed by atoms with Crippen molar-refractivity contribution in [1.82, 2.24) is 14.6 Å². The lowest BCUT2D eigenvalue weighted by Gasteiger charge is -2.20. The topological polar surface area (TPSA) is 100 Å². The van der Waals surface area contributed by atoms with Crippen molar-refractivity contribution in [2.75, 3.05) is 31.6 Å². The molecule has 2 rings (SSSR count). The number of hydrogen-bond donors (Lipinski definition) is 3. The molecule has 2 heterocycles. The average Bonchev–Trinajstić information content (AvgIpc) is 2.98. The van der Waals surface area contributed by atoms with Crippen LogP contribution in [0, 0.1) is 5.92 Å². The van der Waals surface area contributed by atoms with Crippen LogP contribution < -0.4 is 16.0 Å². The van der Waals surface area contributed by atoms with Crippen molar-refractivity contribution < 1.29 is 8.42 Å². The van der Waals surface area contributed by atoms with Crippen LogP contribution in [-0.4, -0.2) is 44.5 Å². The third-order valence-electron chi connectivity index (χ3n) is 3.58. The monoisotopic (exact) mass is 313 g/mol. The van der Waals surface area contributed by atoms with Crippen molar-refractivity contribution in [2.24, 2.45) is 11.8 Å². The van der Waals surface area contributed by atoms with Crippen molar-refractivity contribution in [3.8, 4) is 0 Å². The molecular formula is C13H23N5O2S. The van der Waals surface area contributed by atoms with E-state index < -0.39 is 10.0 Å². The smallest absolute Gasteiger partial charge is 0.240 e. The van der Waals surface area contributed by atoms with Gasteiger partial charge in [-0.25, -0.2) is 24.0 Å². The number of hydrogen-bond acceptors (Lipinski definition) is 6. The van der Waals surface area contributed by atoms with Crippen molar-refractivity contribution in [1.29, 1.82) is 0 Å². The van der Waals surface area contributed by atoms with E-state index in [0.717, 1.165) is 19.6 Å². The van der Waals surface area contributed by atoms with Gasteiger partial charge in [-0.3, -0.25) is 0 Å². The molecule has 1 aromatic heterocycles. The van der Waals surface area contributed by atoms with Gasteiger partial charge in [-0.05, 0) is 37.9 Å². The van der Waals surface area contributed by atoms with Gasteiger partial charge in [0.05, 0.1) is 4.90 Å². The van der Waals surface area contributed by atoms with Crippen molar-refractivity contribution in [3.05, 3.63) is 18.3 Å². The predicted octanol–water partition coefficient (Wildman–Crippen LogP) is 0.377. The standard InChI is InChI=1S/C13H23N5O2S/c1-11(10-18-6-2-3-7-18)9-16-21(19,20)12-4-5-15-13(8-12)17-14/h4-5,8,11,16H,2-3,6-7,9-10,14H2,1H3,(H,15,17). The number of nitrogens with one attached hydrogen (secondary N) is 2. The number of sulfonamides is 1. The molecule has 0 radical (unpaired) electrons. The summed E-state index contributed by atoms with van der Waals surface area (Å²) in [6.07, 6.45) is 3.89.